The zero-order valence-electron chi connectivity index (χ0n) is 17.8. The molecule has 1 amide bonds. The van der Waals surface area contributed by atoms with E-state index in [1.165, 1.54) is 0 Å². The lowest BCUT2D eigenvalue weighted by Gasteiger charge is -2.38. The Bertz CT molecular complexity index is 872. The molecular formula is C24H31NO3. The second-order valence-corrected chi connectivity index (χ2v) is 8.45. The normalized spacial score (nSPS) is 18.6. The molecule has 2 atom stereocenters. The van der Waals surface area contributed by atoms with E-state index >= 15 is 0 Å². The maximum Gasteiger partial charge on any atom is 0.261 e. The van der Waals surface area contributed by atoms with Gasteiger partial charge in [-0.3, -0.25) is 4.79 Å². The van der Waals surface area contributed by atoms with Gasteiger partial charge in [-0.2, -0.15) is 0 Å². The highest BCUT2D eigenvalue weighted by atomic mass is 16.5. The summed E-state index contributed by atoms with van der Waals surface area (Å²) in [5.74, 6) is 1.53. The molecule has 0 aromatic heterocycles. The molecule has 2 aromatic carbocycles. The summed E-state index contributed by atoms with van der Waals surface area (Å²) in [6.07, 6.45) is 0.793. The predicted octanol–water partition coefficient (Wildman–Crippen LogP) is 5.19. The lowest BCUT2D eigenvalue weighted by molar-refractivity contribution is -0.129. The molecule has 150 valence electrons. The molecule has 0 bridgehead atoms. The summed E-state index contributed by atoms with van der Waals surface area (Å²) >= 11 is 0. The summed E-state index contributed by atoms with van der Waals surface area (Å²) in [7, 11) is 0. The van der Waals surface area contributed by atoms with Crippen molar-refractivity contribution in [3.05, 3.63) is 58.7 Å². The lowest BCUT2D eigenvalue weighted by atomic mass is 9.88. The SMILES string of the molecule is CC[C@H](Oc1cc(C)ccc1C)C(=O)N[C@@H]1CC(C)(C)Oc2ccc(C)cc21. The smallest absolute Gasteiger partial charge is 0.261 e. The van der Waals surface area contributed by atoms with E-state index in [-0.39, 0.29) is 17.6 Å². The largest absolute Gasteiger partial charge is 0.487 e. The van der Waals surface area contributed by atoms with Gasteiger partial charge in [0.1, 0.15) is 17.1 Å². The van der Waals surface area contributed by atoms with Crippen molar-refractivity contribution in [2.45, 2.75) is 72.1 Å². The van der Waals surface area contributed by atoms with Crippen molar-refractivity contribution < 1.29 is 14.3 Å². The van der Waals surface area contributed by atoms with Gasteiger partial charge in [0.25, 0.3) is 5.91 Å². The van der Waals surface area contributed by atoms with Crippen LogP contribution in [0.3, 0.4) is 0 Å². The predicted molar refractivity (Wildman–Crippen MR) is 112 cm³/mol. The number of rotatable bonds is 5. The summed E-state index contributed by atoms with van der Waals surface area (Å²) in [6.45, 7) is 12.2. The molecule has 0 unspecified atom stereocenters. The molecule has 0 fully saturated rings. The van der Waals surface area contributed by atoms with E-state index in [0.29, 0.717) is 6.42 Å². The Morgan fingerprint density at radius 1 is 1.18 bits per heavy atom. The van der Waals surface area contributed by atoms with E-state index in [2.05, 4.69) is 32.2 Å². The average Bonchev–Trinajstić information content (AvgIpc) is 2.62. The Balaban J connectivity index is 1.80. The average molecular weight is 382 g/mol. The van der Waals surface area contributed by atoms with Crippen LogP contribution in [0.5, 0.6) is 11.5 Å². The van der Waals surface area contributed by atoms with Crippen molar-refractivity contribution in [1.82, 2.24) is 5.32 Å². The van der Waals surface area contributed by atoms with Crippen LogP contribution in [0.15, 0.2) is 36.4 Å². The van der Waals surface area contributed by atoms with Gasteiger partial charge in [-0.15, -0.1) is 0 Å². The molecule has 0 saturated heterocycles. The molecule has 1 aliphatic heterocycles. The fourth-order valence-corrected chi connectivity index (χ4v) is 3.68. The number of fused-ring (bicyclic) bond motifs is 1. The molecular weight excluding hydrogens is 350 g/mol. The summed E-state index contributed by atoms with van der Waals surface area (Å²) < 4.78 is 12.2. The monoisotopic (exact) mass is 381 g/mol. The number of amides is 1. The highest BCUT2D eigenvalue weighted by Gasteiger charge is 2.35. The van der Waals surface area contributed by atoms with Crippen LogP contribution < -0.4 is 14.8 Å². The molecule has 1 heterocycles. The second-order valence-electron chi connectivity index (χ2n) is 8.45. The maximum absolute atomic E-state index is 13.1. The van der Waals surface area contributed by atoms with Gasteiger partial charge in [0.15, 0.2) is 6.10 Å². The fourth-order valence-electron chi connectivity index (χ4n) is 3.68. The number of aryl methyl sites for hydroxylation is 3. The van der Waals surface area contributed by atoms with E-state index in [0.717, 1.165) is 40.2 Å². The molecule has 0 spiro atoms. The van der Waals surface area contributed by atoms with Crippen LogP contribution in [0.4, 0.5) is 0 Å². The summed E-state index contributed by atoms with van der Waals surface area (Å²) in [5.41, 5.74) is 4.00. The Morgan fingerprint density at radius 2 is 1.86 bits per heavy atom. The van der Waals surface area contributed by atoms with Crippen molar-refractivity contribution >= 4 is 5.91 Å². The molecule has 4 nitrogen and oxygen atoms in total. The molecule has 0 saturated carbocycles. The fraction of sp³-hybridized carbons (Fsp3) is 0.458. The van der Waals surface area contributed by atoms with Gasteiger partial charge in [0.2, 0.25) is 0 Å². The minimum atomic E-state index is -0.528. The van der Waals surface area contributed by atoms with Gasteiger partial charge >= 0.3 is 0 Å². The van der Waals surface area contributed by atoms with Crippen LogP contribution in [0.25, 0.3) is 0 Å². The summed E-state index contributed by atoms with van der Waals surface area (Å²) in [4.78, 5) is 13.1. The number of hydrogen-bond acceptors (Lipinski definition) is 3. The molecule has 28 heavy (non-hydrogen) atoms. The second kappa shape index (κ2) is 7.86. The number of carbonyl (C=O) groups is 1. The van der Waals surface area contributed by atoms with Crippen LogP contribution in [-0.4, -0.2) is 17.6 Å². The third kappa shape index (κ3) is 4.49. The quantitative estimate of drug-likeness (QED) is 0.775. The van der Waals surface area contributed by atoms with Crippen molar-refractivity contribution in [2.24, 2.45) is 0 Å². The summed E-state index contributed by atoms with van der Waals surface area (Å²) in [6, 6.07) is 12.1. The highest BCUT2D eigenvalue weighted by molar-refractivity contribution is 5.81. The van der Waals surface area contributed by atoms with Gasteiger partial charge in [0.05, 0.1) is 6.04 Å². The highest BCUT2D eigenvalue weighted by Crippen LogP contribution is 2.40. The minimum absolute atomic E-state index is 0.0847. The van der Waals surface area contributed by atoms with Gasteiger partial charge in [-0.1, -0.05) is 36.8 Å². The van der Waals surface area contributed by atoms with E-state index in [1.807, 2.05) is 51.1 Å². The first-order valence-corrected chi connectivity index (χ1v) is 10.0. The van der Waals surface area contributed by atoms with Gasteiger partial charge in [-0.05, 0) is 64.3 Å². The molecule has 1 aliphatic rings. The number of carbonyl (C=O) groups excluding carboxylic acids is 1. The maximum atomic E-state index is 13.1. The molecule has 4 heteroatoms. The molecule has 2 aromatic rings. The van der Waals surface area contributed by atoms with Crippen molar-refractivity contribution in [1.29, 1.82) is 0 Å². The number of ether oxygens (including phenoxy) is 2. The summed E-state index contributed by atoms with van der Waals surface area (Å²) in [5, 5.41) is 3.22. The molecule has 1 N–H and O–H groups in total. The molecule has 0 radical (unpaired) electrons. The first-order valence-electron chi connectivity index (χ1n) is 10.0. The van der Waals surface area contributed by atoms with E-state index in [1.54, 1.807) is 0 Å². The van der Waals surface area contributed by atoms with E-state index in [4.69, 9.17) is 9.47 Å². The lowest BCUT2D eigenvalue weighted by Crippen LogP contribution is -2.45. The number of benzene rings is 2. The minimum Gasteiger partial charge on any atom is -0.487 e. The van der Waals surface area contributed by atoms with E-state index in [9.17, 15) is 4.79 Å². The van der Waals surface area contributed by atoms with Crippen molar-refractivity contribution in [3.8, 4) is 11.5 Å². The Labute approximate surface area is 168 Å². The topological polar surface area (TPSA) is 47.6 Å². The third-order valence-electron chi connectivity index (χ3n) is 5.22. The Morgan fingerprint density at radius 3 is 2.57 bits per heavy atom. The van der Waals surface area contributed by atoms with Crippen LogP contribution in [0, 0.1) is 20.8 Å². The first-order chi connectivity index (χ1) is 13.2. The Kier molecular flexibility index (Phi) is 5.69. The molecule has 0 aliphatic carbocycles. The third-order valence-corrected chi connectivity index (χ3v) is 5.22. The number of hydrogen-bond donors (Lipinski definition) is 1. The van der Waals surface area contributed by atoms with Crippen LogP contribution >= 0.6 is 0 Å². The van der Waals surface area contributed by atoms with Gasteiger partial charge < -0.3 is 14.8 Å². The Hall–Kier alpha value is -2.49. The molecule has 3 rings (SSSR count). The van der Waals surface area contributed by atoms with Gasteiger partial charge in [0, 0.05) is 12.0 Å². The number of nitrogens with one attached hydrogen (secondary N) is 1. The zero-order valence-corrected chi connectivity index (χ0v) is 17.8. The van der Waals surface area contributed by atoms with Crippen LogP contribution in [0.2, 0.25) is 0 Å². The van der Waals surface area contributed by atoms with Crippen LogP contribution in [-0.2, 0) is 4.79 Å². The van der Waals surface area contributed by atoms with E-state index < -0.39 is 6.10 Å². The first kappa shape index (κ1) is 20.2. The van der Waals surface area contributed by atoms with Crippen molar-refractivity contribution in [3.63, 3.8) is 0 Å². The standard InChI is InChI=1S/C24H31NO3/c1-7-20(27-22-13-16(3)8-10-17(22)4)23(26)25-19-14-24(5,6)28-21-11-9-15(2)12-18(19)21/h8-13,19-20H,7,14H2,1-6H3,(H,25,26)/t19-,20+/m1/s1. The van der Waals surface area contributed by atoms with Gasteiger partial charge in [-0.25, -0.2) is 0 Å². The van der Waals surface area contributed by atoms with Crippen molar-refractivity contribution in [2.75, 3.05) is 0 Å². The van der Waals surface area contributed by atoms with Crippen LogP contribution in [0.1, 0.15) is 61.9 Å². The zero-order chi connectivity index (χ0) is 20.5.